The summed E-state index contributed by atoms with van der Waals surface area (Å²) < 4.78 is 13.4. The van der Waals surface area contributed by atoms with Crippen LogP contribution in [0.1, 0.15) is 26.3 Å². The van der Waals surface area contributed by atoms with E-state index < -0.39 is 0 Å². The fourth-order valence-corrected chi connectivity index (χ4v) is 2.81. The van der Waals surface area contributed by atoms with E-state index in [0.29, 0.717) is 6.54 Å². The number of rotatable bonds is 3. The van der Waals surface area contributed by atoms with E-state index in [4.69, 9.17) is 0 Å². The molecule has 4 heteroatoms. The summed E-state index contributed by atoms with van der Waals surface area (Å²) in [7, 11) is 1.90. The molecule has 0 atom stereocenters. The smallest absolute Gasteiger partial charge is 0.123 e. The molecule has 1 aromatic carbocycles. The fraction of sp³-hybridized carbons (Fsp3) is 0.625. The Bertz CT molecular complexity index is 446. The van der Waals surface area contributed by atoms with E-state index in [2.05, 4.69) is 35.9 Å². The zero-order valence-electron chi connectivity index (χ0n) is 13.0. The van der Waals surface area contributed by atoms with E-state index in [1.807, 2.05) is 13.1 Å². The highest BCUT2D eigenvalue weighted by Crippen LogP contribution is 2.25. The molecule has 0 unspecified atom stereocenters. The summed E-state index contributed by atoms with van der Waals surface area (Å²) in [5.74, 6) is -0.160. The Kier molecular flexibility index (Phi) is 4.66. The Morgan fingerprint density at radius 3 is 2.35 bits per heavy atom. The van der Waals surface area contributed by atoms with Gasteiger partial charge in [-0.3, -0.25) is 4.90 Å². The Morgan fingerprint density at radius 2 is 1.80 bits per heavy atom. The lowest BCUT2D eigenvalue weighted by Gasteiger charge is -2.43. The lowest BCUT2D eigenvalue weighted by atomic mass is 10.0. The average Bonchev–Trinajstić information content (AvgIpc) is 2.38. The molecule has 2 rings (SSSR count). The molecule has 0 saturated carbocycles. The minimum atomic E-state index is -0.160. The van der Waals surface area contributed by atoms with E-state index in [-0.39, 0.29) is 11.4 Å². The molecule has 0 aromatic heterocycles. The van der Waals surface area contributed by atoms with Crippen LogP contribution in [-0.4, -0.2) is 43.7 Å². The highest BCUT2D eigenvalue weighted by atomic mass is 19.1. The highest BCUT2D eigenvalue weighted by Gasteiger charge is 2.26. The highest BCUT2D eigenvalue weighted by molar-refractivity contribution is 5.54. The summed E-state index contributed by atoms with van der Waals surface area (Å²) in [6.45, 7) is 11.6. The molecule has 112 valence electrons. The van der Waals surface area contributed by atoms with E-state index >= 15 is 0 Å². The number of hydrogen-bond donors (Lipinski definition) is 1. The Morgan fingerprint density at radius 1 is 1.15 bits per heavy atom. The Hall–Kier alpha value is -1.13. The molecule has 20 heavy (non-hydrogen) atoms. The first-order chi connectivity index (χ1) is 9.41. The normalized spacial score (nSPS) is 17.6. The van der Waals surface area contributed by atoms with Crippen molar-refractivity contribution in [3.8, 4) is 0 Å². The van der Waals surface area contributed by atoms with Gasteiger partial charge in [0.1, 0.15) is 5.82 Å². The minimum absolute atomic E-state index is 0.160. The first-order valence-electron chi connectivity index (χ1n) is 7.35. The first-order valence-corrected chi connectivity index (χ1v) is 7.35. The summed E-state index contributed by atoms with van der Waals surface area (Å²) in [5, 5.41) is 3.12. The SMILES string of the molecule is CNCc1cc(F)ccc1N1CCN(C(C)(C)C)CC1. The van der Waals surface area contributed by atoms with Crippen molar-refractivity contribution in [1.82, 2.24) is 10.2 Å². The maximum Gasteiger partial charge on any atom is 0.123 e. The van der Waals surface area contributed by atoms with Crippen LogP contribution in [0.2, 0.25) is 0 Å². The third-order valence-corrected chi connectivity index (χ3v) is 3.98. The number of anilines is 1. The van der Waals surface area contributed by atoms with Crippen molar-refractivity contribution in [2.24, 2.45) is 0 Å². The second-order valence-electron chi connectivity index (χ2n) is 6.45. The van der Waals surface area contributed by atoms with Gasteiger partial charge in [-0.15, -0.1) is 0 Å². The van der Waals surface area contributed by atoms with Gasteiger partial charge in [0.05, 0.1) is 0 Å². The van der Waals surface area contributed by atoms with Crippen LogP contribution in [-0.2, 0) is 6.54 Å². The molecule has 1 fully saturated rings. The molecule has 0 aliphatic carbocycles. The van der Waals surface area contributed by atoms with Crippen LogP contribution in [0.15, 0.2) is 18.2 Å². The van der Waals surface area contributed by atoms with Gasteiger partial charge in [0.2, 0.25) is 0 Å². The molecule has 0 amide bonds. The van der Waals surface area contributed by atoms with Gasteiger partial charge in [-0.2, -0.15) is 0 Å². The standard InChI is InChI=1S/C16H26FN3/c1-16(2,3)20-9-7-19(8-10-20)15-6-5-14(17)11-13(15)12-18-4/h5-6,11,18H,7-10,12H2,1-4H3. The monoisotopic (exact) mass is 279 g/mol. The van der Waals surface area contributed by atoms with E-state index in [1.165, 1.54) is 0 Å². The second kappa shape index (κ2) is 6.10. The predicted molar refractivity (Wildman–Crippen MR) is 82.7 cm³/mol. The lowest BCUT2D eigenvalue weighted by molar-refractivity contribution is 0.128. The molecular formula is C16H26FN3. The molecule has 1 saturated heterocycles. The topological polar surface area (TPSA) is 18.5 Å². The maximum absolute atomic E-state index is 13.4. The number of benzene rings is 1. The van der Waals surface area contributed by atoms with Gasteiger partial charge >= 0.3 is 0 Å². The lowest BCUT2D eigenvalue weighted by Crippen LogP contribution is -2.53. The van der Waals surface area contributed by atoms with Crippen LogP contribution < -0.4 is 10.2 Å². The second-order valence-corrected chi connectivity index (χ2v) is 6.45. The van der Waals surface area contributed by atoms with E-state index in [9.17, 15) is 4.39 Å². The predicted octanol–water partition coefficient (Wildman–Crippen LogP) is 2.47. The molecule has 1 heterocycles. The van der Waals surface area contributed by atoms with Gasteiger partial charge in [-0.05, 0) is 51.6 Å². The average molecular weight is 279 g/mol. The Balaban J connectivity index is 2.10. The number of piperazine rings is 1. The van der Waals surface area contributed by atoms with Gasteiger partial charge in [0.15, 0.2) is 0 Å². The number of halogens is 1. The third-order valence-electron chi connectivity index (χ3n) is 3.98. The van der Waals surface area contributed by atoms with E-state index in [0.717, 1.165) is 37.4 Å². The zero-order valence-corrected chi connectivity index (χ0v) is 13.0. The van der Waals surface area contributed by atoms with Gasteiger partial charge in [-0.1, -0.05) is 0 Å². The molecule has 0 spiro atoms. The van der Waals surface area contributed by atoms with Crippen molar-refractivity contribution in [1.29, 1.82) is 0 Å². The van der Waals surface area contributed by atoms with Gasteiger partial charge in [0, 0.05) is 44.0 Å². The van der Waals surface area contributed by atoms with Crippen LogP contribution in [0.5, 0.6) is 0 Å². The molecule has 1 N–H and O–H groups in total. The molecule has 1 aliphatic rings. The molecule has 1 aliphatic heterocycles. The van der Waals surface area contributed by atoms with Crippen LogP contribution in [0, 0.1) is 5.82 Å². The summed E-state index contributed by atoms with van der Waals surface area (Å²) in [6, 6.07) is 5.11. The van der Waals surface area contributed by atoms with Crippen LogP contribution in [0.3, 0.4) is 0 Å². The van der Waals surface area contributed by atoms with Crippen LogP contribution in [0.4, 0.5) is 10.1 Å². The van der Waals surface area contributed by atoms with E-state index in [1.54, 1.807) is 12.1 Å². The minimum Gasteiger partial charge on any atom is -0.369 e. The third kappa shape index (κ3) is 3.49. The molecule has 0 radical (unpaired) electrons. The number of hydrogen-bond acceptors (Lipinski definition) is 3. The van der Waals surface area contributed by atoms with Crippen molar-refractivity contribution in [3.63, 3.8) is 0 Å². The Labute approximate surface area is 121 Å². The number of nitrogens with one attached hydrogen (secondary N) is 1. The molecule has 0 bridgehead atoms. The summed E-state index contributed by atoms with van der Waals surface area (Å²) in [5.41, 5.74) is 2.42. The number of nitrogens with zero attached hydrogens (tertiary/aromatic N) is 2. The van der Waals surface area contributed by atoms with Gasteiger partial charge in [0.25, 0.3) is 0 Å². The quantitative estimate of drug-likeness (QED) is 0.917. The molecule has 1 aromatic rings. The van der Waals surface area contributed by atoms with Crippen molar-refractivity contribution >= 4 is 5.69 Å². The van der Waals surface area contributed by atoms with Crippen molar-refractivity contribution in [2.45, 2.75) is 32.9 Å². The van der Waals surface area contributed by atoms with Crippen molar-refractivity contribution in [3.05, 3.63) is 29.6 Å². The van der Waals surface area contributed by atoms with Gasteiger partial charge < -0.3 is 10.2 Å². The fourth-order valence-electron chi connectivity index (χ4n) is 2.81. The van der Waals surface area contributed by atoms with Crippen LogP contribution >= 0.6 is 0 Å². The first kappa shape index (κ1) is 15.3. The maximum atomic E-state index is 13.4. The van der Waals surface area contributed by atoms with Crippen molar-refractivity contribution < 1.29 is 4.39 Å². The van der Waals surface area contributed by atoms with Gasteiger partial charge in [-0.25, -0.2) is 4.39 Å². The zero-order chi connectivity index (χ0) is 14.8. The summed E-state index contributed by atoms with van der Waals surface area (Å²) in [6.07, 6.45) is 0. The molecule has 3 nitrogen and oxygen atoms in total. The van der Waals surface area contributed by atoms with Crippen LogP contribution in [0.25, 0.3) is 0 Å². The largest absolute Gasteiger partial charge is 0.369 e. The molecular weight excluding hydrogens is 253 g/mol. The summed E-state index contributed by atoms with van der Waals surface area (Å²) >= 11 is 0. The van der Waals surface area contributed by atoms with Crippen molar-refractivity contribution in [2.75, 3.05) is 38.1 Å². The summed E-state index contributed by atoms with van der Waals surface area (Å²) in [4.78, 5) is 4.87.